The molecule has 2 heterocycles. The number of carbonyl (C=O) groups excluding carboxylic acids is 1. The minimum atomic E-state index is -0.531. The Morgan fingerprint density at radius 1 is 1.48 bits per heavy atom. The van der Waals surface area contributed by atoms with Crippen LogP contribution in [0.25, 0.3) is 0 Å². The summed E-state index contributed by atoms with van der Waals surface area (Å²) in [5.74, 6) is 0.692. The van der Waals surface area contributed by atoms with Crippen molar-refractivity contribution in [2.45, 2.75) is 37.9 Å². The van der Waals surface area contributed by atoms with Gasteiger partial charge in [-0.15, -0.1) is 0 Å². The largest absolute Gasteiger partial charge is 0.497 e. The van der Waals surface area contributed by atoms with Gasteiger partial charge in [-0.1, -0.05) is 17.3 Å². The number of benzene rings is 1. The Morgan fingerprint density at radius 2 is 2.39 bits per heavy atom. The molecule has 2 unspecified atom stereocenters. The minimum Gasteiger partial charge on any atom is -0.497 e. The predicted octanol–water partition coefficient (Wildman–Crippen LogP) is 1.68. The Hall–Kier alpha value is -2.08. The summed E-state index contributed by atoms with van der Waals surface area (Å²) in [5, 5.41) is 6.94. The zero-order valence-corrected chi connectivity index (χ0v) is 13.3. The van der Waals surface area contributed by atoms with E-state index in [1.165, 1.54) is 0 Å². The number of ether oxygens (including phenoxy) is 2. The molecule has 0 bridgehead atoms. The summed E-state index contributed by atoms with van der Waals surface area (Å²) in [6.45, 7) is 1.33. The van der Waals surface area contributed by atoms with Crippen LogP contribution in [0, 0.1) is 0 Å². The molecule has 0 saturated carbocycles. The molecule has 0 radical (unpaired) electrons. The quantitative estimate of drug-likeness (QED) is 0.866. The van der Waals surface area contributed by atoms with Gasteiger partial charge in [0.15, 0.2) is 0 Å². The van der Waals surface area contributed by atoms with Crippen LogP contribution in [0.1, 0.15) is 24.8 Å². The van der Waals surface area contributed by atoms with Crippen LogP contribution in [0.4, 0.5) is 0 Å². The van der Waals surface area contributed by atoms with E-state index in [2.05, 4.69) is 10.5 Å². The summed E-state index contributed by atoms with van der Waals surface area (Å²) in [7, 11) is 1.64. The highest BCUT2D eigenvalue weighted by Gasteiger charge is 2.28. The molecule has 6 heteroatoms. The van der Waals surface area contributed by atoms with Crippen LogP contribution in [0.2, 0.25) is 0 Å². The van der Waals surface area contributed by atoms with E-state index in [4.69, 9.17) is 14.3 Å². The molecular formula is C17H22N2O4. The lowest BCUT2D eigenvalue weighted by atomic mass is 10.0. The van der Waals surface area contributed by atoms with Crippen molar-refractivity contribution in [2.24, 2.45) is 5.16 Å². The molecule has 0 aliphatic carbocycles. The molecule has 1 aromatic carbocycles. The Labute approximate surface area is 135 Å². The van der Waals surface area contributed by atoms with Crippen LogP contribution < -0.4 is 10.1 Å². The molecule has 2 aliphatic heterocycles. The van der Waals surface area contributed by atoms with Gasteiger partial charge in [-0.05, 0) is 30.5 Å². The van der Waals surface area contributed by atoms with Gasteiger partial charge in [-0.25, -0.2) is 0 Å². The topological polar surface area (TPSA) is 69.2 Å². The molecule has 2 atom stereocenters. The molecule has 0 spiro atoms. The van der Waals surface area contributed by atoms with Crippen LogP contribution >= 0.6 is 0 Å². The van der Waals surface area contributed by atoms with Crippen LogP contribution in [0.5, 0.6) is 5.75 Å². The number of hydrogen-bond donors (Lipinski definition) is 1. The number of amides is 1. The third-order valence-electron chi connectivity index (χ3n) is 4.09. The fourth-order valence-electron chi connectivity index (χ4n) is 2.82. The summed E-state index contributed by atoms with van der Waals surface area (Å²) < 4.78 is 10.7. The van der Waals surface area contributed by atoms with Crippen molar-refractivity contribution in [3.63, 3.8) is 0 Å². The van der Waals surface area contributed by atoms with Gasteiger partial charge in [-0.2, -0.15) is 0 Å². The third kappa shape index (κ3) is 4.22. The van der Waals surface area contributed by atoms with E-state index in [1.807, 2.05) is 24.3 Å². The van der Waals surface area contributed by atoms with Crippen LogP contribution in [0.15, 0.2) is 29.4 Å². The fraction of sp³-hybridized carbons (Fsp3) is 0.529. The predicted molar refractivity (Wildman–Crippen MR) is 85.6 cm³/mol. The van der Waals surface area contributed by atoms with Gasteiger partial charge in [0.25, 0.3) is 5.91 Å². The average molecular weight is 318 g/mol. The number of nitrogens with one attached hydrogen (secondary N) is 1. The van der Waals surface area contributed by atoms with Gasteiger partial charge in [0.1, 0.15) is 5.75 Å². The fourth-order valence-corrected chi connectivity index (χ4v) is 2.82. The summed E-state index contributed by atoms with van der Waals surface area (Å²) in [5.41, 5.74) is 1.96. The molecular weight excluding hydrogens is 296 g/mol. The van der Waals surface area contributed by atoms with Crippen molar-refractivity contribution in [1.82, 2.24) is 5.32 Å². The highest BCUT2D eigenvalue weighted by Crippen LogP contribution is 2.18. The first-order valence-electron chi connectivity index (χ1n) is 7.98. The van der Waals surface area contributed by atoms with E-state index in [0.29, 0.717) is 19.4 Å². The number of carbonyl (C=O) groups is 1. The number of rotatable bonds is 6. The van der Waals surface area contributed by atoms with E-state index in [-0.39, 0.29) is 12.0 Å². The zero-order valence-electron chi connectivity index (χ0n) is 13.3. The second-order valence-corrected chi connectivity index (χ2v) is 5.86. The van der Waals surface area contributed by atoms with E-state index in [1.54, 1.807) is 7.11 Å². The molecule has 23 heavy (non-hydrogen) atoms. The van der Waals surface area contributed by atoms with Gasteiger partial charge in [0.05, 0.1) is 18.9 Å². The van der Waals surface area contributed by atoms with E-state index in [0.717, 1.165) is 36.5 Å². The second kappa shape index (κ2) is 7.46. The van der Waals surface area contributed by atoms with E-state index < -0.39 is 6.10 Å². The molecule has 1 amide bonds. The summed E-state index contributed by atoms with van der Waals surface area (Å²) in [6, 6.07) is 7.82. The highest BCUT2D eigenvalue weighted by molar-refractivity contribution is 5.93. The van der Waals surface area contributed by atoms with Crippen molar-refractivity contribution < 1.29 is 19.1 Å². The van der Waals surface area contributed by atoms with Crippen molar-refractivity contribution in [3.05, 3.63) is 29.8 Å². The number of nitrogens with zero attached hydrogens (tertiary/aromatic N) is 1. The molecule has 0 aromatic heterocycles. The molecule has 2 aliphatic rings. The maximum absolute atomic E-state index is 12.1. The lowest BCUT2D eigenvalue weighted by molar-refractivity contribution is -0.131. The zero-order chi connectivity index (χ0) is 16.1. The smallest absolute Gasteiger partial charge is 0.264 e. The van der Waals surface area contributed by atoms with Crippen LogP contribution in [-0.2, 0) is 20.8 Å². The van der Waals surface area contributed by atoms with Gasteiger partial charge in [-0.3, -0.25) is 4.79 Å². The Bertz CT molecular complexity index is 582. The molecule has 6 nitrogen and oxygen atoms in total. The normalized spacial score (nSPS) is 23.3. The SMILES string of the molecule is COc1cccc(CC2=NOC(C(=O)NCC3CCCO3)C2)c1. The molecule has 124 valence electrons. The maximum Gasteiger partial charge on any atom is 0.264 e. The Morgan fingerprint density at radius 3 is 3.17 bits per heavy atom. The van der Waals surface area contributed by atoms with Crippen LogP contribution in [0.3, 0.4) is 0 Å². The number of hydrogen-bond acceptors (Lipinski definition) is 5. The summed E-state index contributed by atoms with van der Waals surface area (Å²) >= 11 is 0. The standard InChI is InChI=1S/C17H22N2O4/c1-21-14-5-2-4-12(9-14)8-13-10-16(23-19-13)17(20)18-11-15-6-3-7-22-15/h2,4-5,9,15-16H,3,6-8,10-11H2,1H3,(H,18,20). The van der Waals surface area contributed by atoms with Gasteiger partial charge >= 0.3 is 0 Å². The lowest BCUT2D eigenvalue weighted by Crippen LogP contribution is -2.39. The number of oxime groups is 1. The van der Waals surface area contributed by atoms with Gasteiger partial charge in [0.2, 0.25) is 6.10 Å². The van der Waals surface area contributed by atoms with E-state index >= 15 is 0 Å². The number of methoxy groups -OCH3 is 1. The molecule has 3 rings (SSSR count). The molecule has 1 saturated heterocycles. The van der Waals surface area contributed by atoms with Crippen molar-refractivity contribution in [1.29, 1.82) is 0 Å². The minimum absolute atomic E-state index is 0.120. The highest BCUT2D eigenvalue weighted by atomic mass is 16.6. The first-order valence-corrected chi connectivity index (χ1v) is 7.98. The third-order valence-corrected chi connectivity index (χ3v) is 4.09. The summed E-state index contributed by atoms with van der Waals surface area (Å²) in [4.78, 5) is 17.4. The van der Waals surface area contributed by atoms with Crippen molar-refractivity contribution in [2.75, 3.05) is 20.3 Å². The van der Waals surface area contributed by atoms with E-state index in [9.17, 15) is 4.79 Å². The lowest BCUT2D eigenvalue weighted by Gasteiger charge is -2.13. The molecule has 1 aromatic rings. The summed E-state index contributed by atoms with van der Waals surface area (Å²) in [6.07, 6.45) is 2.86. The first kappa shape index (κ1) is 15.8. The Kier molecular flexibility index (Phi) is 5.12. The first-order chi connectivity index (χ1) is 11.2. The van der Waals surface area contributed by atoms with Crippen molar-refractivity contribution in [3.8, 4) is 5.75 Å². The monoisotopic (exact) mass is 318 g/mol. The van der Waals surface area contributed by atoms with Gasteiger partial charge < -0.3 is 19.6 Å². The second-order valence-electron chi connectivity index (χ2n) is 5.86. The van der Waals surface area contributed by atoms with Crippen molar-refractivity contribution >= 4 is 11.6 Å². The average Bonchev–Trinajstić information content (AvgIpc) is 3.24. The Balaban J connectivity index is 1.46. The maximum atomic E-state index is 12.1. The molecule has 1 N–H and O–H groups in total. The van der Waals surface area contributed by atoms with Crippen LogP contribution in [-0.4, -0.2) is 44.1 Å². The molecule has 1 fully saturated rings. The van der Waals surface area contributed by atoms with Gasteiger partial charge in [0, 0.05) is 26.0 Å².